The van der Waals surface area contributed by atoms with E-state index in [1.807, 2.05) is 24.3 Å². The lowest BCUT2D eigenvalue weighted by Gasteiger charge is -2.04. The summed E-state index contributed by atoms with van der Waals surface area (Å²) in [4.78, 5) is 16.7. The second-order valence-electron chi connectivity index (χ2n) is 5.52. The van der Waals surface area contributed by atoms with Crippen LogP contribution in [0.15, 0.2) is 63.1 Å². The molecular formula is C18H13ClN4O3S. The lowest BCUT2D eigenvalue weighted by Crippen LogP contribution is -2.15. The first-order chi connectivity index (χ1) is 13.1. The van der Waals surface area contributed by atoms with Crippen molar-refractivity contribution in [2.45, 2.75) is 11.0 Å². The van der Waals surface area contributed by atoms with E-state index in [0.29, 0.717) is 39.0 Å². The predicted molar refractivity (Wildman–Crippen MR) is 102 cm³/mol. The lowest BCUT2D eigenvalue weighted by molar-refractivity contribution is 0.411. The fourth-order valence-corrected chi connectivity index (χ4v) is 3.35. The van der Waals surface area contributed by atoms with Crippen LogP contribution in [-0.4, -0.2) is 26.7 Å². The molecule has 3 aromatic heterocycles. The number of halogens is 1. The maximum Gasteiger partial charge on any atom is 0.277 e. The molecule has 4 rings (SSSR count). The highest BCUT2D eigenvalue weighted by Gasteiger charge is 2.14. The number of ether oxygens (including phenoxy) is 1. The first-order valence-electron chi connectivity index (χ1n) is 7.91. The average Bonchev–Trinajstić information content (AvgIpc) is 3.16. The molecule has 4 aromatic rings. The molecule has 0 aliphatic carbocycles. The quantitative estimate of drug-likeness (QED) is 0.472. The Morgan fingerprint density at radius 3 is 2.93 bits per heavy atom. The number of thioether (sulfide) groups is 1. The largest absolute Gasteiger partial charge is 0.496 e. The van der Waals surface area contributed by atoms with E-state index in [9.17, 15) is 4.79 Å². The Labute approximate surface area is 163 Å². The Kier molecular flexibility index (Phi) is 4.83. The van der Waals surface area contributed by atoms with Crippen molar-refractivity contribution in [3.8, 4) is 17.2 Å². The molecule has 27 heavy (non-hydrogen) atoms. The first-order valence-corrected chi connectivity index (χ1v) is 9.28. The van der Waals surface area contributed by atoms with E-state index in [-0.39, 0.29) is 5.56 Å². The summed E-state index contributed by atoms with van der Waals surface area (Å²) in [5.74, 6) is 1.44. The minimum Gasteiger partial charge on any atom is -0.496 e. The number of hydrogen-bond donors (Lipinski definition) is 0. The summed E-state index contributed by atoms with van der Waals surface area (Å²) >= 11 is 7.22. The number of pyridine rings is 1. The molecule has 9 heteroatoms. The topological polar surface area (TPSA) is 82.5 Å². The molecule has 136 valence electrons. The summed E-state index contributed by atoms with van der Waals surface area (Å²) in [7, 11) is 1.59. The standard InChI is InChI=1S/C18H13ClN4O3S/c1-25-14-5-3-2-4-13(14)17-21-22-18(26-17)27-10-12-8-16(24)23-9-11(19)6-7-15(23)20-12/h2-9H,10H2,1H3. The SMILES string of the molecule is COc1ccccc1-c1nnc(SCc2cc(=O)n3cc(Cl)ccc3n2)o1. The fourth-order valence-electron chi connectivity index (χ4n) is 2.53. The average molecular weight is 401 g/mol. The molecule has 7 nitrogen and oxygen atoms in total. The van der Waals surface area contributed by atoms with Crippen molar-refractivity contribution >= 4 is 29.0 Å². The molecule has 0 atom stereocenters. The molecule has 0 unspecified atom stereocenters. The summed E-state index contributed by atoms with van der Waals surface area (Å²) in [5, 5.41) is 8.97. The molecule has 0 fully saturated rings. The normalized spacial score (nSPS) is 11.0. The number of hydrogen-bond acceptors (Lipinski definition) is 7. The van der Waals surface area contributed by atoms with Crippen LogP contribution in [0.25, 0.3) is 17.1 Å². The molecule has 0 bridgehead atoms. The summed E-state index contributed by atoms with van der Waals surface area (Å²) in [5.41, 5.74) is 1.67. The second-order valence-corrected chi connectivity index (χ2v) is 6.89. The zero-order valence-electron chi connectivity index (χ0n) is 14.1. The van der Waals surface area contributed by atoms with Crippen molar-refractivity contribution in [1.29, 1.82) is 0 Å². The summed E-state index contributed by atoms with van der Waals surface area (Å²) < 4.78 is 12.4. The molecule has 0 spiro atoms. The van der Waals surface area contributed by atoms with Crippen LogP contribution in [0.3, 0.4) is 0 Å². The second kappa shape index (κ2) is 7.42. The van der Waals surface area contributed by atoms with Gasteiger partial charge in [0.2, 0.25) is 0 Å². The number of nitrogens with zero attached hydrogens (tertiary/aromatic N) is 4. The number of para-hydroxylation sites is 1. The van der Waals surface area contributed by atoms with Gasteiger partial charge in [0, 0.05) is 18.0 Å². The van der Waals surface area contributed by atoms with Gasteiger partial charge in [-0.05, 0) is 24.3 Å². The van der Waals surface area contributed by atoms with E-state index >= 15 is 0 Å². The van der Waals surface area contributed by atoms with Crippen molar-refractivity contribution in [3.05, 3.63) is 69.7 Å². The number of methoxy groups -OCH3 is 1. The summed E-state index contributed by atoms with van der Waals surface area (Å²) in [6.45, 7) is 0. The van der Waals surface area contributed by atoms with Gasteiger partial charge in [0.25, 0.3) is 16.7 Å². The Balaban J connectivity index is 1.55. The van der Waals surface area contributed by atoms with Crippen molar-refractivity contribution in [2.75, 3.05) is 7.11 Å². The molecule has 3 heterocycles. The summed E-state index contributed by atoms with van der Waals surface area (Å²) in [6.07, 6.45) is 1.54. The minimum absolute atomic E-state index is 0.196. The Morgan fingerprint density at radius 1 is 1.22 bits per heavy atom. The number of rotatable bonds is 5. The van der Waals surface area contributed by atoms with E-state index in [1.165, 1.54) is 22.2 Å². The van der Waals surface area contributed by atoms with Crippen LogP contribution in [0.1, 0.15) is 5.69 Å². The fraction of sp³-hybridized carbons (Fsp3) is 0.111. The predicted octanol–water partition coefficient (Wildman–Crippen LogP) is 3.70. The van der Waals surface area contributed by atoms with Gasteiger partial charge in [0.05, 0.1) is 23.4 Å². The van der Waals surface area contributed by atoms with E-state index < -0.39 is 0 Å². The lowest BCUT2D eigenvalue weighted by atomic mass is 10.2. The maximum atomic E-state index is 12.2. The zero-order valence-corrected chi connectivity index (χ0v) is 15.7. The third-order valence-corrected chi connectivity index (χ3v) is 4.84. The monoisotopic (exact) mass is 400 g/mol. The van der Waals surface area contributed by atoms with Gasteiger partial charge in [-0.3, -0.25) is 9.20 Å². The van der Waals surface area contributed by atoms with Crippen molar-refractivity contribution in [3.63, 3.8) is 0 Å². The van der Waals surface area contributed by atoms with Gasteiger partial charge in [0.1, 0.15) is 11.4 Å². The van der Waals surface area contributed by atoms with E-state index in [2.05, 4.69) is 15.2 Å². The van der Waals surface area contributed by atoms with Crippen molar-refractivity contribution < 1.29 is 9.15 Å². The van der Waals surface area contributed by atoms with E-state index in [4.69, 9.17) is 20.8 Å². The van der Waals surface area contributed by atoms with E-state index in [0.717, 1.165) is 5.56 Å². The van der Waals surface area contributed by atoms with Gasteiger partial charge in [-0.2, -0.15) is 0 Å². The van der Waals surface area contributed by atoms with Crippen LogP contribution in [0, 0.1) is 0 Å². The van der Waals surface area contributed by atoms with Crippen LogP contribution in [0.5, 0.6) is 5.75 Å². The molecule has 0 saturated carbocycles. The number of aromatic nitrogens is 4. The minimum atomic E-state index is -0.196. The van der Waals surface area contributed by atoms with Crippen LogP contribution in [0.4, 0.5) is 0 Å². The molecule has 0 amide bonds. The molecule has 1 aromatic carbocycles. The maximum absolute atomic E-state index is 12.2. The van der Waals surface area contributed by atoms with Gasteiger partial charge in [-0.15, -0.1) is 10.2 Å². The zero-order chi connectivity index (χ0) is 18.8. The summed E-state index contributed by atoms with van der Waals surface area (Å²) in [6, 6.07) is 12.3. The molecule has 0 aliphatic heterocycles. The molecule has 0 aliphatic rings. The Morgan fingerprint density at radius 2 is 2.07 bits per heavy atom. The molecular weight excluding hydrogens is 388 g/mol. The van der Waals surface area contributed by atoms with Crippen LogP contribution in [0.2, 0.25) is 5.02 Å². The van der Waals surface area contributed by atoms with Gasteiger partial charge >= 0.3 is 0 Å². The molecule has 0 N–H and O–H groups in total. The van der Waals surface area contributed by atoms with Gasteiger partial charge in [-0.25, -0.2) is 4.98 Å². The van der Waals surface area contributed by atoms with Gasteiger partial charge in [-0.1, -0.05) is 35.5 Å². The Hall–Kier alpha value is -2.84. The van der Waals surface area contributed by atoms with Crippen LogP contribution in [-0.2, 0) is 5.75 Å². The first kappa shape index (κ1) is 17.6. The van der Waals surface area contributed by atoms with Crippen LogP contribution < -0.4 is 10.3 Å². The highest BCUT2D eigenvalue weighted by atomic mass is 35.5. The highest BCUT2D eigenvalue weighted by Crippen LogP contribution is 2.31. The van der Waals surface area contributed by atoms with Gasteiger partial charge in [0.15, 0.2) is 0 Å². The molecule has 0 saturated heterocycles. The smallest absolute Gasteiger partial charge is 0.277 e. The number of benzene rings is 1. The van der Waals surface area contributed by atoms with Crippen molar-refractivity contribution in [2.24, 2.45) is 0 Å². The van der Waals surface area contributed by atoms with E-state index in [1.54, 1.807) is 25.4 Å². The Bertz CT molecular complexity index is 1170. The third-order valence-electron chi connectivity index (χ3n) is 3.76. The van der Waals surface area contributed by atoms with Crippen LogP contribution >= 0.6 is 23.4 Å². The molecule has 0 radical (unpaired) electrons. The van der Waals surface area contributed by atoms with Crippen molar-refractivity contribution in [1.82, 2.24) is 19.6 Å². The van der Waals surface area contributed by atoms with Gasteiger partial charge < -0.3 is 9.15 Å². The highest BCUT2D eigenvalue weighted by molar-refractivity contribution is 7.98. The number of fused-ring (bicyclic) bond motifs is 1. The third kappa shape index (κ3) is 3.67.